The van der Waals surface area contributed by atoms with Crippen molar-refractivity contribution < 1.29 is 24.6 Å². The number of anilines is 1. The van der Waals surface area contributed by atoms with Gasteiger partial charge in [-0.05, 0) is 48.0 Å². The van der Waals surface area contributed by atoms with Crippen molar-refractivity contribution in [2.45, 2.75) is 5.54 Å². The number of hydrogen-bond donors (Lipinski definition) is 3. The maximum absolute atomic E-state index is 12.7. The number of benzene rings is 3. The Hall–Kier alpha value is -4.23. The van der Waals surface area contributed by atoms with Crippen molar-refractivity contribution in [3.05, 3.63) is 112 Å². The van der Waals surface area contributed by atoms with Gasteiger partial charge in [0.05, 0.1) is 5.36 Å². The quantitative estimate of drug-likeness (QED) is 0.489. The average molecular weight is 461 g/mol. The summed E-state index contributed by atoms with van der Waals surface area (Å²) in [4.78, 5) is 40.9. The molecule has 0 spiro atoms. The van der Waals surface area contributed by atoms with E-state index in [4.69, 9.17) is 16.7 Å². The molecule has 0 aromatic heterocycles. The Morgan fingerprint density at radius 1 is 0.939 bits per heavy atom. The van der Waals surface area contributed by atoms with Gasteiger partial charge in [0.25, 0.3) is 5.91 Å². The third-order valence-corrected chi connectivity index (χ3v) is 5.44. The summed E-state index contributed by atoms with van der Waals surface area (Å²) in [6, 6.07) is 19.6. The summed E-state index contributed by atoms with van der Waals surface area (Å²) in [6.45, 7) is 0. The van der Waals surface area contributed by atoms with Gasteiger partial charge in [-0.15, -0.1) is 0 Å². The molecule has 0 fully saturated rings. The number of amides is 1. The van der Waals surface area contributed by atoms with Gasteiger partial charge in [-0.2, -0.15) is 0 Å². The monoisotopic (exact) mass is 460 g/mol. The standard InChI is InChI=1S/C25H17ClN2O5/c26-17-9-10-19-20(11-12-22(29)30)25(24(32)33,28-21(19)14-17)16-7-4-8-18(13-16)27-23(31)15-5-2-1-3-6-15/h1-14H,(H,27,31)(H,29,30)(H,32,33). The number of carbonyl (C=O) groups is 3. The molecule has 1 heterocycles. The molecule has 164 valence electrons. The van der Waals surface area contributed by atoms with Gasteiger partial charge in [-0.3, -0.25) is 9.79 Å². The Bertz CT molecular complexity index is 1430. The number of rotatable bonds is 6. The van der Waals surface area contributed by atoms with Crippen LogP contribution in [0.25, 0.3) is 5.57 Å². The van der Waals surface area contributed by atoms with E-state index in [1.54, 1.807) is 60.7 Å². The number of hydrogen-bond acceptors (Lipinski definition) is 4. The van der Waals surface area contributed by atoms with E-state index in [0.29, 0.717) is 26.8 Å². The van der Waals surface area contributed by atoms with Crippen LogP contribution < -0.4 is 15.9 Å². The first-order valence-electron chi connectivity index (χ1n) is 9.83. The van der Waals surface area contributed by atoms with E-state index in [9.17, 15) is 19.5 Å². The molecule has 0 saturated carbocycles. The van der Waals surface area contributed by atoms with Crippen molar-refractivity contribution in [3.8, 4) is 0 Å². The lowest BCUT2D eigenvalue weighted by atomic mass is 9.82. The summed E-state index contributed by atoms with van der Waals surface area (Å²) < 4.78 is 0. The number of nitrogens with zero attached hydrogens (tertiary/aromatic N) is 1. The molecular weight excluding hydrogens is 444 g/mol. The molecule has 0 radical (unpaired) electrons. The van der Waals surface area contributed by atoms with Crippen LogP contribution >= 0.6 is 11.6 Å². The van der Waals surface area contributed by atoms with Gasteiger partial charge in [0.2, 0.25) is 5.54 Å². The van der Waals surface area contributed by atoms with Crippen LogP contribution in [0.1, 0.15) is 15.9 Å². The van der Waals surface area contributed by atoms with E-state index >= 15 is 0 Å². The molecule has 0 saturated heterocycles. The SMILES string of the molecule is O=C(O)C=CC1=c2ccc(Cl)cc2=NC1(C(=O)O)c1cccc(NC(=O)c2ccccc2)c1. The Kier molecular flexibility index (Phi) is 5.81. The maximum atomic E-state index is 12.7. The maximum Gasteiger partial charge on any atom is 0.341 e. The second kappa shape index (κ2) is 8.72. The summed E-state index contributed by atoms with van der Waals surface area (Å²) in [6.07, 6.45) is 2.10. The Morgan fingerprint density at radius 2 is 1.70 bits per heavy atom. The highest BCUT2D eigenvalue weighted by atomic mass is 35.5. The number of nitrogens with one attached hydrogen (secondary N) is 1. The van der Waals surface area contributed by atoms with Crippen molar-refractivity contribution >= 4 is 40.7 Å². The van der Waals surface area contributed by atoms with Crippen molar-refractivity contribution in [3.63, 3.8) is 0 Å². The lowest BCUT2D eigenvalue weighted by Gasteiger charge is -2.25. The number of carbonyl (C=O) groups excluding carboxylic acids is 1. The van der Waals surface area contributed by atoms with Crippen molar-refractivity contribution in [2.75, 3.05) is 5.32 Å². The zero-order chi connectivity index (χ0) is 23.6. The van der Waals surface area contributed by atoms with Crippen molar-refractivity contribution in [2.24, 2.45) is 4.99 Å². The summed E-state index contributed by atoms with van der Waals surface area (Å²) in [7, 11) is 0. The molecule has 0 aliphatic carbocycles. The first kappa shape index (κ1) is 22.0. The number of carboxylic acids is 2. The molecule has 3 aromatic carbocycles. The van der Waals surface area contributed by atoms with E-state index in [1.807, 2.05) is 0 Å². The smallest absolute Gasteiger partial charge is 0.341 e. The third kappa shape index (κ3) is 4.14. The van der Waals surface area contributed by atoms with Gasteiger partial charge in [0, 0.05) is 33.1 Å². The lowest BCUT2D eigenvalue weighted by Crippen LogP contribution is -2.34. The molecule has 33 heavy (non-hydrogen) atoms. The predicted octanol–water partition coefficient (Wildman–Crippen LogP) is 3.00. The van der Waals surface area contributed by atoms with Crippen LogP contribution in [0.5, 0.6) is 0 Å². The number of carboxylic acid groups (broad SMARTS) is 2. The summed E-state index contributed by atoms with van der Waals surface area (Å²) in [5, 5.41) is 23.4. The molecule has 1 atom stereocenters. The fourth-order valence-corrected chi connectivity index (χ4v) is 3.91. The highest BCUT2D eigenvalue weighted by Crippen LogP contribution is 2.38. The molecule has 3 N–H and O–H groups in total. The normalized spacial score (nSPS) is 16.8. The van der Waals surface area contributed by atoms with Crippen molar-refractivity contribution in [1.29, 1.82) is 0 Å². The second-order valence-corrected chi connectivity index (χ2v) is 7.71. The molecule has 7 nitrogen and oxygen atoms in total. The number of aliphatic carboxylic acids is 2. The predicted molar refractivity (Wildman–Crippen MR) is 123 cm³/mol. The van der Waals surface area contributed by atoms with Crippen LogP contribution in [0.2, 0.25) is 5.02 Å². The van der Waals surface area contributed by atoms with E-state index in [2.05, 4.69) is 10.3 Å². The summed E-state index contributed by atoms with van der Waals surface area (Å²) in [5.74, 6) is -2.88. The van der Waals surface area contributed by atoms with Gasteiger partial charge in [0.1, 0.15) is 0 Å². The molecule has 0 bridgehead atoms. The largest absolute Gasteiger partial charge is 0.479 e. The zero-order valence-corrected chi connectivity index (χ0v) is 17.8. The minimum absolute atomic E-state index is 0.176. The van der Waals surface area contributed by atoms with E-state index in [-0.39, 0.29) is 17.0 Å². The first-order valence-corrected chi connectivity index (χ1v) is 10.2. The average Bonchev–Trinajstić information content (AvgIpc) is 3.13. The van der Waals surface area contributed by atoms with Gasteiger partial charge >= 0.3 is 11.9 Å². The molecule has 8 heteroatoms. The summed E-state index contributed by atoms with van der Waals surface area (Å²) >= 11 is 6.08. The minimum Gasteiger partial charge on any atom is -0.479 e. The second-order valence-electron chi connectivity index (χ2n) is 7.28. The molecule has 3 aromatic rings. The van der Waals surface area contributed by atoms with Crippen LogP contribution in [0, 0.1) is 0 Å². The van der Waals surface area contributed by atoms with Crippen LogP contribution in [-0.2, 0) is 15.1 Å². The Balaban J connectivity index is 1.86. The number of halogens is 1. The zero-order valence-electron chi connectivity index (χ0n) is 17.0. The van der Waals surface area contributed by atoms with Crippen LogP contribution in [-0.4, -0.2) is 28.1 Å². The molecular formula is C25H17ClN2O5. The van der Waals surface area contributed by atoms with E-state index < -0.39 is 17.5 Å². The van der Waals surface area contributed by atoms with Crippen LogP contribution in [0.15, 0.2) is 89.9 Å². The molecule has 1 aliphatic heterocycles. The Morgan fingerprint density at radius 3 is 2.39 bits per heavy atom. The first-order chi connectivity index (χ1) is 15.8. The summed E-state index contributed by atoms with van der Waals surface area (Å²) in [5.41, 5.74) is -0.687. The van der Waals surface area contributed by atoms with Crippen LogP contribution in [0.3, 0.4) is 0 Å². The van der Waals surface area contributed by atoms with E-state index in [1.165, 1.54) is 18.2 Å². The molecule has 1 aliphatic rings. The van der Waals surface area contributed by atoms with Crippen molar-refractivity contribution in [1.82, 2.24) is 0 Å². The lowest BCUT2D eigenvalue weighted by molar-refractivity contribution is -0.141. The Labute approximate surface area is 193 Å². The highest BCUT2D eigenvalue weighted by molar-refractivity contribution is 6.30. The molecule has 1 unspecified atom stereocenters. The fourth-order valence-electron chi connectivity index (χ4n) is 3.75. The highest BCUT2D eigenvalue weighted by Gasteiger charge is 2.46. The fraction of sp³-hybridized carbons (Fsp3) is 0.0400. The van der Waals surface area contributed by atoms with Gasteiger partial charge in [0.15, 0.2) is 0 Å². The topological polar surface area (TPSA) is 116 Å². The van der Waals surface area contributed by atoms with Gasteiger partial charge < -0.3 is 15.5 Å². The van der Waals surface area contributed by atoms with Gasteiger partial charge in [-0.1, -0.05) is 48.0 Å². The van der Waals surface area contributed by atoms with Gasteiger partial charge in [-0.25, -0.2) is 9.59 Å². The molecule has 4 rings (SSSR count). The molecule has 1 amide bonds. The van der Waals surface area contributed by atoms with Crippen LogP contribution in [0.4, 0.5) is 5.69 Å². The third-order valence-electron chi connectivity index (χ3n) is 5.20. The van der Waals surface area contributed by atoms with E-state index in [0.717, 1.165) is 6.08 Å². The number of fused-ring (bicyclic) bond motifs is 1. The minimum atomic E-state index is -1.92.